The van der Waals surface area contributed by atoms with Gasteiger partial charge >= 0.3 is 0 Å². The first kappa shape index (κ1) is 19.2. The minimum Gasteiger partial charge on any atom is -0.304 e. The van der Waals surface area contributed by atoms with Crippen molar-refractivity contribution < 1.29 is 9.59 Å². The molecule has 0 N–H and O–H groups in total. The molecule has 30 heavy (non-hydrogen) atoms. The highest BCUT2D eigenvalue weighted by Crippen LogP contribution is 2.58. The number of hydrogen-bond donors (Lipinski definition) is 0. The first-order chi connectivity index (χ1) is 14.5. The van der Waals surface area contributed by atoms with Crippen molar-refractivity contribution in [1.82, 2.24) is 0 Å². The van der Waals surface area contributed by atoms with Crippen LogP contribution in [-0.2, 0) is 21.0 Å². The van der Waals surface area contributed by atoms with Gasteiger partial charge in [-0.25, -0.2) is 0 Å². The van der Waals surface area contributed by atoms with E-state index in [4.69, 9.17) is 11.6 Å². The highest BCUT2D eigenvalue weighted by atomic mass is 35.5. The Labute approximate surface area is 184 Å². The molecule has 1 fully saturated rings. The lowest BCUT2D eigenvalue weighted by molar-refractivity contribution is -0.124. The average Bonchev–Trinajstić information content (AvgIpc) is 3.16. The van der Waals surface area contributed by atoms with E-state index in [1.807, 2.05) is 85.8 Å². The van der Waals surface area contributed by atoms with Gasteiger partial charge in [0.15, 0.2) is 0 Å². The Kier molecular flexibility index (Phi) is 4.60. The van der Waals surface area contributed by atoms with Crippen LogP contribution in [0.4, 0.5) is 11.4 Å². The Morgan fingerprint density at radius 2 is 1.60 bits per heavy atom. The molecule has 2 aliphatic rings. The fourth-order valence-corrected chi connectivity index (χ4v) is 5.99. The smallest absolute Gasteiger partial charge is 0.269 e. The number of halogens is 1. The molecular formula is C24H19ClN2O2S. The van der Waals surface area contributed by atoms with Gasteiger partial charge < -0.3 is 4.90 Å². The number of para-hydroxylation sites is 2. The van der Waals surface area contributed by atoms with Crippen LogP contribution in [0.2, 0.25) is 5.02 Å². The SMILES string of the molecule is CC1SC2(C(=O)N(Cc3ccccc3Cl)c3ccccc32)N(c2ccccc2)C1=O. The lowest BCUT2D eigenvalue weighted by Crippen LogP contribution is -2.49. The fraction of sp³-hybridized carbons (Fsp3) is 0.167. The Morgan fingerprint density at radius 3 is 2.37 bits per heavy atom. The third-order valence-electron chi connectivity index (χ3n) is 5.63. The highest BCUT2D eigenvalue weighted by Gasteiger charge is 2.63. The van der Waals surface area contributed by atoms with Gasteiger partial charge in [-0.3, -0.25) is 14.5 Å². The maximum Gasteiger partial charge on any atom is 0.269 e. The summed E-state index contributed by atoms with van der Waals surface area (Å²) in [5, 5.41) is 0.287. The average molecular weight is 435 g/mol. The molecule has 1 saturated heterocycles. The first-order valence-electron chi connectivity index (χ1n) is 9.76. The molecule has 150 valence electrons. The van der Waals surface area contributed by atoms with Crippen LogP contribution in [0.3, 0.4) is 0 Å². The fourth-order valence-electron chi connectivity index (χ4n) is 4.27. The maximum absolute atomic E-state index is 14.0. The molecule has 2 amide bonds. The molecule has 3 aromatic carbocycles. The molecule has 2 aliphatic heterocycles. The van der Waals surface area contributed by atoms with E-state index < -0.39 is 4.87 Å². The van der Waals surface area contributed by atoms with Crippen molar-refractivity contribution in [2.24, 2.45) is 0 Å². The van der Waals surface area contributed by atoms with Crippen LogP contribution in [0.15, 0.2) is 78.9 Å². The van der Waals surface area contributed by atoms with Crippen LogP contribution >= 0.6 is 23.4 Å². The van der Waals surface area contributed by atoms with E-state index >= 15 is 0 Å². The van der Waals surface area contributed by atoms with Crippen molar-refractivity contribution in [1.29, 1.82) is 0 Å². The molecule has 0 saturated carbocycles. The molecule has 0 aromatic heterocycles. The van der Waals surface area contributed by atoms with Crippen molar-refractivity contribution in [3.8, 4) is 0 Å². The molecule has 0 aliphatic carbocycles. The third kappa shape index (κ3) is 2.69. The lowest BCUT2D eigenvalue weighted by atomic mass is 10.0. The zero-order chi connectivity index (χ0) is 20.9. The monoisotopic (exact) mass is 434 g/mol. The summed E-state index contributed by atoms with van der Waals surface area (Å²) >= 11 is 7.80. The van der Waals surface area contributed by atoms with Crippen molar-refractivity contribution in [2.45, 2.75) is 23.6 Å². The van der Waals surface area contributed by atoms with Gasteiger partial charge in [0.25, 0.3) is 5.91 Å². The molecule has 0 bridgehead atoms. The Morgan fingerprint density at radius 1 is 0.933 bits per heavy atom. The van der Waals surface area contributed by atoms with Crippen LogP contribution < -0.4 is 9.80 Å². The molecule has 0 radical (unpaired) electrons. The van der Waals surface area contributed by atoms with Crippen molar-refractivity contribution in [3.05, 3.63) is 95.0 Å². The Hall–Kier alpha value is -2.76. The maximum atomic E-state index is 14.0. The number of carbonyl (C=O) groups is 2. The van der Waals surface area contributed by atoms with Crippen LogP contribution in [0.5, 0.6) is 0 Å². The first-order valence-corrected chi connectivity index (χ1v) is 11.0. The van der Waals surface area contributed by atoms with E-state index in [9.17, 15) is 9.59 Å². The van der Waals surface area contributed by atoms with Crippen molar-refractivity contribution in [2.75, 3.05) is 9.80 Å². The minimum atomic E-state index is -1.12. The van der Waals surface area contributed by atoms with Gasteiger partial charge in [-0.15, -0.1) is 11.8 Å². The molecule has 2 heterocycles. The number of anilines is 2. The van der Waals surface area contributed by atoms with E-state index in [1.165, 1.54) is 11.8 Å². The normalized spacial score (nSPS) is 22.8. The van der Waals surface area contributed by atoms with Crippen LogP contribution in [-0.4, -0.2) is 17.1 Å². The minimum absolute atomic E-state index is 0.0612. The number of nitrogens with zero attached hydrogens (tertiary/aromatic N) is 2. The van der Waals surface area contributed by atoms with Gasteiger partial charge in [0.05, 0.1) is 17.5 Å². The predicted molar refractivity (Wildman–Crippen MR) is 122 cm³/mol. The lowest BCUT2D eigenvalue weighted by Gasteiger charge is -2.33. The van der Waals surface area contributed by atoms with Crippen LogP contribution in [0, 0.1) is 0 Å². The summed E-state index contributed by atoms with van der Waals surface area (Å²) < 4.78 is 0. The molecule has 6 heteroatoms. The highest BCUT2D eigenvalue weighted by molar-refractivity contribution is 8.03. The second kappa shape index (κ2) is 7.18. The number of fused-ring (bicyclic) bond motifs is 2. The summed E-state index contributed by atoms with van der Waals surface area (Å²) in [6, 6.07) is 24.7. The predicted octanol–water partition coefficient (Wildman–Crippen LogP) is 5.21. The molecule has 4 nitrogen and oxygen atoms in total. The van der Waals surface area contributed by atoms with Gasteiger partial charge in [-0.2, -0.15) is 0 Å². The second-order valence-electron chi connectivity index (χ2n) is 7.41. The third-order valence-corrected chi connectivity index (χ3v) is 7.47. The number of benzene rings is 3. The Balaban J connectivity index is 1.68. The summed E-state index contributed by atoms with van der Waals surface area (Å²) in [6.45, 7) is 2.22. The summed E-state index contributed by atoms with van der Waals surface area (Å²) in [7, 11) is 0. The van der Waals surface area contributed by atoms with Crippen LogP contribution in [0.1, 0.15) is 18.1 Å². The standard InChI is InChI=1S/C24H19ClN2O2S/c1-16-22(28)27(18-10-3-2-4-11-18)24(30-16)19-12-6-8-14-21(19)26(23(24)29)15-17-9-5-7-13-20(17)25/h2-14,16H,15H2,1H3. The van der Waals surface area contributed by atoms with E-state index in [1.54, 1.807) is 9.80 Å². The van der Waals surface area contributed by atoms with Crippen molar-refractivity contribution in [3.63, 3.8) is 0 Å². The zero-order valence-corrected chi connectivity index (χ0v) is 17.9. The summed E-state index contributed by atoms with van der Waals surface area (Å²) in [5.41, 5.74) is 3.25. The topological polar surface area (TPSA) is 40.6 Å². The van der Waals surface area contributed by atoms with Gasteiger partial charge in [-0.1, -0.05) is 66.2 Å². The molecule has 2 atom stereocenters. The summed E-state index contributed by atoms with van der Waals surface area (Å²) in [4.78, 5) is 29.6. The molecule has 3 aromatic rings. The number of rotatable bonds is 3. The van der Waals surface area contributed by atoms with E-state index in [-0.39, 0.29) is 17.1 Å². The van der Waals surface area contributed by atoms with Gasteiger partial charge in [0, 0.05) is 16.3 Å². The summed E-state index contributed by atoms with van der Waals surface area (Å²) in [5.74, 6) is -0.177. The van der Waals surface area contributed by atoms with Gasteiger partial charge in [0.1, 0.15) is 0 Å². The number of thioether (sulfide) groups is 1. The van der Waals surface area contributed by atoms with Gasteiger partial charge in [-0.05, 0) is 36.8 Å². The number of hydrogen-bond acceptors (Lipinski definition) is 3. The van der Waals surface area contributed by atoms with Crippen molar-refractivity contribution >= 4 is 46.6 Å². The molecule has 2 unspecified atom stereocenters. The van der Waals surface area contributed by atoms with E-state index in [0.717, 1.165) is 22.5 Å². The zero-order valence-electron chi connectivity index (χ0n) is 16.3. The number of amides is 2. The van der Waals surface area contributed by atoms with Gasteiger partial charge in [0.2, 0.25) is 10.8 Å². The molecular weight excluding hydrogens is 416 g/mol. The number of carbonyl (C=O) groups excluding carboxylic acids is 2. The Bertz CT molecular complexity index is 1150. The molecule has 1 spiro atoms. The largest absolute Gasteiger partial charge is 0.304 e. The van der Waals surface area contributed by atoms with Crippen LogP contribution in [0.25, 0.3) is 0 Å². The molecule has 5 rings (SSSR count). The van der Waals surface area contributed by atoms with E-state index in [0.29, 0.717) is 11.6 Å². The quantitative estimate of drug-likeness (QED) is 0.568. The van der Waals surface area contributed by atoms with E-state index in [2.05, 4.69) is 0 Å². The summed E-state index contributed by atoms with van der Waals surface area (Å²) in [6.07, 6.45) is 0. The second-order valence-corrected chi connectivity index (χ2v) is 9.35.